The minimum Gasteiger partial charge on any atom is -0.356 e. The number of guanidine groups is 1. The number of hydrogen-bond donors (Lipinski definition) is 2. The smallest absolute Gasteiger partial charge is 0.191 e. The van der Waals surface area contributed by atoms with Gasteiger partial charge in [0.2, 0.25) is 0 Å². The van der Waals surface area contributed by atoms with E-state index in [2.05, 4.69) is 76.8 Å². The van der Waals surface area contributed by atoms with Crippen molar-refractivity contribution in [3.8, 4) is 0 Å². The number of likely N-dealkylation sites (tertiary alicyclic amines) is 1. The molecule has 6 heteroatoms. The van der Waals surface area contributed by atoms with Crippen molar-refractivity contribution < 1.29 is 0 Å². The SMILES string of the molecule is CN=C(NCCC(C)N(C)Cc1ccccc1)NCC1CCCN1C.I. The van der Waals surface area contributed by atoms with Crippen molar-refractivity contribution in [2.45, 2.75) is 44.8 Å². The van der Waals surface area contributed by atoms with Gasteiger partial charge >= 0.3 is 0 Å². The molecule has 5 nitrogen and oxygen atoms in total. The van der Waals surface area contributed by atoms with E-state index in [9.17, 15) is 0 Å². The van der Waals surface area contributed by atoms with Crippen LogP contribution >= 0.6 is 24.0 Å². The van der Waals surface area contributed by atoms with Crippen molar-refractivity contribution in [2.24, 2.45) is 4.99 Å². The lowest BCUT2D eigenvalue weighted by atomic mass is 10.1. The largest absolute Gasteiger partial charge is 0.356 e. The Labute approximate surface area is 176 Å². The van der Waals surface area contributed by atoms with Gasteiger partial charge in [-0.05, 0) is 52.4 Å². The number of nitrogens with zero attached hydrogens (tertiary/aromatic N) is 3. The topological polar surface area (TPSA) is 42.9 Å². The summed E-state index contributed by atoms with van der Waals surface area (Å²) in [5, 5.41) is 6.92. The minimum atomic E-state index is 0. The lowest BCUT2D eigenvalue weighted by molar-refractivity contribution is 0.238. The van der Waals surface area contributed by atoms with Gasteiger partial charge in [-0.1, -0.05) is 30.3 Å². The number of halogens is 1. The van der Waals surface area contributed by atoms with Crippen LogP contribution < -0.4 is 10.6 Å². The van der Waals surface area contributed by atoms with Gasteiger partial charge in [-0.3, -0.25) is 9.89 Å². The van der Waals surface area contributed by atoms with Crippen LogP contribution in [0.15, 0.2) is 35.3 Å². The first kappa shape index (κ1) is 23.2. The average molecular weight is 473 g/mol. The second-order valence-electron chi connectivity index (χ2n) is 7.19. The fourth-order valence-electron chi connectivity index (χ4n) is 3.32. The third-order valence-electron chi connectivity index (χ3n) is 5.28. The molecule has 2 atom stereocenters. The standard InChI is InChI=1S/C20H35N5.HI/c1-17(25(4)16-18-9-6-5-7-10-18)12-13-22-20(21-2)23-15-19-11-8-14-24(19)3;/h5-7,9-10,17,19H,8,11-16H2,1-4H3,(H2,21,22,23);1H. The van der Waals surface area contributed by atoms with E-state index in [1.165, 1.54) is 24.9 Å². The summed E-state index contributed by atoms with van der Waals surface area (Å²) in [6.45, 7) is 6.39. The minimum absolute atomic E-state index is 0. The molecule has 0 aliphatic carbocycles. The van der Waals surface area contributed by atoms with Crippen molar-refractivity contribution in [3.63, 3.8) is 0 Å². The summed E-state index contributed by atoms with van der Waals surface area (Å²) in [5.41, 5.74) is 1.36. The molecule has 1 aliphatic heterocycles. The molecular formula is C20H36IN5. The number of hydrogen-bond acceptors (Lipinski definition) is 3. The average Bonchev–Trinajstić information content (AvgIpc) is 3.03. The van der Waals surface area contributed by atoms with Crippen molar-refractivity contribution in [1.82, 2.24) is 20.4 Å². The highest BCUT2D eigenvalue weighted by atomic mass is 127. The maximum Gasteiger partial charge on any atom is 0.191 e. The molecule has 2 N–H and O–H groups in total. The molecule has 0 amide bonds. The highest BCUT2D eigenvalue weighted by molar-refractivity contribution is 14.0. The molecule has 2 unspecified atom stereocenters. The van der Waals surface area contributed by atoms with Crippen LogP contribution in [-0.2, 0) is 6.54 Å². The maximum absolute atomic E-state index is 4.35. The summed E-state index contributed by atoms with van der Waals surface area (Å²) in [6, 6.07) is 11.8. The number of rotatable bonds is 8. The molecule has 0 bridgehead atoms. The van der Waals surface area contributed by atoms with E-state index >= 15 is 0 Å². The molecule has 0 radical (unpaired) electrons. The second kappa shape index (κ2) is 12.5. The van der Waals surface area contributed by atoms with Gasteiger partial charge in [-0.2, -0.15) is 0 Å². The van der Waals surface area contributed by atoms with Gasteiger partial charge in [0.1, 0.15) is 0 Å². The van der Waals surface area contributed by atoms with Gasteiger partial charge < -0.3 is 15.5 Å². The zero-order valence-electron chi connectivity index (χ0n) is 16.7. The van der Waals surface area contributed by atoms with E-state index in [4.69, 9.17) is 0 Å². The van der Waals surface area contributed by atoms with Crippen LogP contribution in [0.25, 0.3) is 0 Å². The van der Waals surface area contributed by atoms with Gasteiger partial charge in [0, 0.05) is 38.8 Å². The van der Waals surface area contributed by atoms with E-state index in [-0.39, 0.29) is 24.0 Å². The van der Waals surface area contributed by atoms with Gasteiger partial charge in [0.05, 0.1) is 0 Å². The Morgan fingerprint density at radius 3 is 2.65 bits per heavy atom. The molecule has 1 aromatic carbocycles. The van der Waals surface area contributed by atoms with Crippen LogP contribution in [0, 0.1) is 0 Å². The molecule has 1 fully saturated rings. The van der Waals surface area contributed by atoms with E-state index in [1.54, 1.807) is 0 Å². The summed E-state index contributed by atoms with van der Waals surface area (Å²) in [5.74, 6) is 0.915. The normalized spacial score (nSPS) is 19.3. The van der Waals surface area contributed by atoms with Crippen molar-refractivity contribution >= 4 is 29.9 Å². The van der Waals surface area contributed by atoms with Crippen molar-refractivity contribution in [2.75, 3.05) is 40.8 Å². The molecule has 0 saturated carbocycles. The Bertz CT molecular complexity index is 522. The fraction of sp³-hybridized carbons (Fsp3) is 0.650. The third kappa shape index (κ3) is 7.80. The Kier molecular flexibility index (Phi) is 11.2. The Balaban J connectivity index is 0.00000338. The maximum atomic E-state index is 4.35. The number of likely N-dealkylation sites (N-methyl/N-ethyl adjacent to an activating group) is 1. The van der Waals surface area contributed by atoms with E-state index in [0.717, 1.165) is 32.0 Å². The molecular weight excluding hydrogens is 437 g/mol. The van der Waals surface area contributed by atoms with Gasteiger partial charge in [-0.15, -0.1) is 24.0 Å². The summed E-state index contributed by atoms with van der Waals surface area (Å²) >= 11 is 0. The lowest BCUT2D eigenvalue weighted by Crippen LogP contribution is -2.45. The summed E-state index contributed by atoms with van der Waals surface area (Å²) in [7, 11) is 6.25. The Morgan fingerprint density at radius 2 is 2.04 bits per heavy atom. The third-order valence-corrected chi connectivity index (χ3v) is 5.28. The molecule has 2 rings (SSSR count). The Hall–Kier alpha value is -0.860. The van der Waals surface area contributed by atoms with Gasteiger partial charge in [-0.25, -0.2) is 0 Å². The van der Waals surface area contributed by atoms with Crippen LogP contribution in [0.4, 0.5) is 0 Å². The lowest BCUT2D eigenvalue weighted by Gasteiger charge is -2.25. The molecule has 148 valence electrons. The molecule has 26 heavy (non-hydrogen) atoms. The summed E-state index contributed by atoms with van der Waals surface area (Å²) < 4.78 is 0. The zero-order valence-corrected chi connectivity index (χ0v) is 19.1. The van der Waals surface area contributed by atoms with Crippen LogP contribution in [0.1, 0.15) is 31.7 Å². The summed E-state index contributed by atoms with van der Waals surface area (Å²) in [4.78, 5) is 9.18. The zero-order chi connectivity index (χ0) is 18.1. The van der Waals surface area contributed by atoms with E-state index < -0.39 is 0 Å². The van der Waals surface area contributed by atoms with E-state index in [0.29, 0.717) is 12.1 Å². The fourth-order valence-corrected chi connectivity index (χ4v) is 3.32. The van der Waals surface area contributed by atoms with Gasteiger partial charge in [0.15, 0.2) is 5.96 Å². The highest BCUT2D eigenvalue weighted by Crippen LogP contribution is 2.13. The number of aliphatic imine (C=N–C) groups is 1. The predicted octanol–water partition coefficient (Wildman–Crippen LogP) is 2.77. The highest BCUT2D eigenvalue weighted by Gasteiger charge is 2.20. The van der Waals surface area contributed by atoms with Crippen molar-refractivity contribution in [1.29, 1.82) is 0 Å². The van der Waals surface area contributed by atoms with Crippen molar-refractivity contribution in [3.05, 3.63) is 35.9 Å². The predicted molar refractivity (Wildman–Crippen MR) is 122 cm³/mol. The molecule has 0 spiro atoms. The molecule has 1 aliphatic rings. The number of benzene rings is 1. The van der Waals surface area contributed by atoms with Crippen LogP contribution in [-0.4, -0.2) is 68.6 Å². The Morgan fingerprint density at radius 1 is 1.31 bits per heavy atom. The molecule has 1 saturated heterocycles. The van der Waals surface area contributed by atoms with Crippen LogP contribution in [0.5, 0.6) is 0 Å². The molecule has 1 heterocycles. The first-order chi connectivity index (χ1) is 12.1. The van der Waals surface area contributed by atoms with Crippen LogP contribution in [0.3, 0.4) is 0 Å². The number of nitrogens with one attached hydrogen (secondary N) is 2. The first-order valence-electron chi connectivity index (χ1n) is 9.49. The van der Waals surface area contributed by atoms with E-state index in [1.807, 2.05) is 7.05 Å². The second-order valence-corrected chi connectivity index (χ2v) is 7.19. The van der Waals surface area contributed by atoms with Gasteiger partial charge in [0.25, 0.3) is 0 Å². The quantitative estimate of drug-likeness (QED) is 0.346. The van der Waals surface area contributed by atoms with Crippen LogP contribution in [0.2, 0.25) is 0 Å². The molecule has 1 aromatic rings. The summed E-state index contributed by atoms with van der Waals surface area (Å²) in [6.07, 6.45) is 3.68. The first-order valence-corrected chi connectivity index (χ1v) is 9.49. The molecule has 0 aromatic heterocycles. The monoisotopic (exact) mass is 473 g/mol.